The molecule has 1 saturated heterocycles. The molecule has 0 unspecified atom stereocenters. The summed E-state index contributed by atoms with van der Waals surface area (Å²) in [4.78, 5) is 19.7. The molecule has 3 aromatic heterocycles. The fourth-order valence-electron chi connectivity index (χ4n) is 4.64. The average Bonchev–Trinajstić information content (AvgIpc) is 3.51. The Kier molecular flexibility index (Phi) is 5.49. The molecule has 1 atom stereocenters. The quantitative estimate of drug-likeness (QED) is 0.470. The predicted octanol–water partition coefficient (Wildman–Crippen LogP) is 3.59. The van der Waals surface area contributed by atoms with Crippen LogP contribution in [0.25, 0.3) is 16.6 Å². The molecule has 9 heteroatoms. The maximum atomic E-state index is 14.5. The molecule has 0 aliphatic carbocycles. The monoisotopic (exact) mass is 449 g/mol. The number of nitrogens with one attached hydrogen (secondary N) is 2. The van der Waals surface area contributed by atoms with E-state index in [0.717, 1.165) is 37.1 Å². The van der Waals surface area contributed by atoms with Crippen LogP contribution in [-0.2, 0) is 6.54 Å². The maximum absolute atomic E-state index is 14.5. The summed E-state index contributed by atoms with van der Waals surface area (Å²) in [5.74, 6) is -0.809. The second-order valence-electron chi connectivity index (χ2n) is 8.51. The lowest BCUT2D eigenvalue weighted by atomic mass is 10.1. The van der Waals surface area contributed by atoms with E-state index >= 15 is 0 Å². The number of fused-ring (bicyclic) bond motifs is 2. The highest BCUT2D eigenvalue weighted by molar-refractivity contribution is 6.13. The summed E-state index contributed by atoms with van der Waals surface area (Å²) in [6.07, 6.45) is 6.47. The Labute approximate surface area is 191 Å². The van der Waals surface area contributed by atoms with Crippen LogP contribution in [-0.4, -0.2) is 50.7 Å². The van der Waals surface area contributed by atoms with E-state index in [0.29, 0.717) is 35.0 Å². The number of likely N-dealkylation sites (N-methyl/N-ethyl adjacent to an activating group) is 1. The predicted molar refractivity (Wildman–Crippen MR) is 128 cm³/mol. The van der Waals surface area contributed by atoms with Crippen molar-refractivity contribution in [2.75, 3.05) is 29.9 Å². The summed E-state index contributed by atoms with van der Waals surface area (Å²) in [5, 5.41) is 12.0. The number of rotatable bonds is 6. The van der Waals surface area contributed by atoms with E-state index in [-0.39, 0.29) is 11.6 Å². The first-order valence-corrected chi connectivity index (χ1v) is 11.4. The van der Waals surface area contributed by atoms with Crippen LogP contribution in [0, 0.1) is 12.7 Å². The van der Waals surface area contributed by atoms with Crippen LogP contribution in [0.4, 0.5) is 15.8 Å². The number of benzene rings is 1. The minimum Gasteiger partial charge on any atom is -0.369 e. The number of pyridine rings is 1. The van der Waals surface area contributed by atoms with E-state index in [1.807, 2.05) is 29.9 Å². The van der Waals surface area contributed by atoms with Gasteiger partial charge in [-0.15, -0.1) is 0 Å². The number of halogens is 1. The zero-order valence-corrected chi connectivity index (χ0v) is 19.1. The van der Waals surface area contributed by atoms with Crippen LogP contribution < -0.4 is 15.5 Å². The molecular formula is C24H28FN7O. The lowest BCUT2D eigenvalue weighted by molar-refractivity contribution is 0.102. The third kappa shape index (κ3) is 3.93. The van der Waals surface area contributed by atoms with Gasteiger partial charge in [-0.25, -0.2) is 9.37 Å². The van der Waals surface area contributed by atoms with Gasteiger partial charge >= 0.3 is 0 Å². The number of hydrogen-bond donors (Lipinski definition) is 2. The molecule has 0 radical (unpaired) electrons. The largest absolute Gasteiger partial charge is 0.369 e. The summed E-state index contributed by atoms with van der Waals surface area (Å²) >= 11 is 0. The number of carbonyl (C=O) groups is 1. The van der Waals surface area contributed by atoms with E-state index in [1.165, 1.54) is 6.07 Å². The van der Waals surface area contributed by atoms with Gasteiger partial charge in [0, 0.05) is 61.4 Å². The fourth-order valence-corrected chi connectivity index (χ4v) is 4.64. The Morgan fingerprint density at radius 1 is 1.24 bits per heavy atom. The molecule has 4 heterocycles. The Morgan fingerprint density at radius 3 is 2.88 bits per heavy atom. The number of aryl methyl sites for hydroxylation is 2. The molecule has 0 saturated carbocycles. The van der Waals surface area contributed by atoms with Gasteiger partial charge in [0.15, 0.2) is 11.5 Å². The smallest absolute Gasteiger partial charge is 0.257 e. The molecule has 2 N–H and O–H groups in total. The number of nitrogens with zero attached hydrogens (tertiary/aromatic N) is 5. The zero-order chi connectivity index (χ0) is 23.1. The standard InChI is InChI=1S/C24H28FN7O/c1-4-26-16-8-9-30(12-16)21-7-6-18(22-19(21)14-32(5-2)29-22)24(33)28-17-10-20(25)23-27-15(3)11-31(23)13-17/h6-7,10-11,13-14,16,26H,4-5,8-9,12H2,1-3H3,(H,28,33)/t16-/m0/s1. The zero-order valence-electron chi connectivity index (χ0n) is 19.1. The molecule has 1 aliphatic rings. The number of imidazole rings is 1. The number of aromatic nitrogens is 4. The van der Waals surface area contributed by atoms with Gasteiger partial charge in [-0.05, 0) is 38.9 Å². The molecule has 1 fully saturated rings. The van der Waals surface area contributed by atoms with Crippen molar-refractivity contribution < 1.29 is 9.18 Å². The van der Waals surface area contributed by atoms with Crippen molar-refractivity contribution >= 4 is 33.8 Å². The molecule has 1 amide bonds. The van der Waals surface area contributed by atoms with Crippen LogP contribution >= 0.6 is 0 Å². The third-order valence-electron chi connectivity index (χ3n) is 6.18. The van der Waals surface area contributed by atoms with Gasteiger partial charge < -0.3 is 19.9 Å². The van der Waals surface area contributed by atoms with Crippen LogP contribution in [0.5, 0.6) is 0 Å². The Hall–Kier alpha value is -3.46. The van der Waals surface area contributed by atoms with Crippen molar-refractivity contribution in [3.63, 3.8) is 0 Å². The van der Waals surface area contributed by atoms with Crippen LogP contribution in [0.15, 0.2) is 36.8 Å². The first kappa shape index (κ1) is 21.4. The lowest BCUT2D eigenvalue weighted by Crippen LogP contribution is -2.32. The molecule has 5 rings (SSSR count). The number of amides is 1. The topological polar surface area (TPSA) is 79.5 Å². The number of carbonyl (C=O) groups excluding carboxylic acids is 1. The van der Waals surface area contributed by atoms with Crippen molar-refractivity contribution in [2.24, 2.45) is 0 Å². The molecule has 1 aromatic carbocycles. The van der Waals surface area contributed by atoms with Gasteiger partial charge in [-0.3, -0.25) is 9.48 Å². The van der Waals surface area contributed by atoms with Crippen molar-refractivity contribution in [3.05, 3.63) is 53.9 Å². The highest BCUT2D eigenvalue weighted by Crippen LogP contribution is 2.32. The van der Waals surface area contributed by atoms with E-state index in [4.69, 9.17) is 0 Å². The minimum atomic E-state index is -0.485. The summed E-state index contributed by atoms with van der Waals surface area (Å²) in [7, 11) is 0. The molecular weight excluding hydrogens is 421 g/mol. The average molecular weight is 450 g/mol. The van der Waals surface area contributed by atoms with Gasteiger partial charge in [0.2, 0.25) is 0 Å². The first-order chi connectivity index (χ1) is 16.0. The summed E-state index contributed by atoms with van der Waals surface area (Å²) < 4.78 is 17.9. The van der Waals surface area contributed by atoms with Crippen LogP contribution in [0.3, 0.4) is 0 Å². The van der Waals surface area contributed by atoms with Gasteiger partial charge in [0.05, 0.1) is 16.9 Å². The highest BCUT2D eigenvalue weighted by Gasteiger charge is 2.25. The Bertz CT molecular complexity index is 1340. The van der Waals surface area contributed by atoms with E-state index in [2.05, 4.69) is 32.5 Å². The number of anilines is 2. The molecule has 172 valence electrons. The van der Waals surface area contributed by atoms with Crippen LogP contribution in [0.2, 0.25) is 0 Å². The third-order valence-corrected chi connectivity index (χ3v) is 6.18. The molecule has 8 nitrogen and oxygen atoms in total. The number of hydrogen-bond acceptors (Lipinski definition) is 5. The van der Waals surface area contributed by atoms with E-state index < -0.39 is 5.82 Å². The van der Waals surface area contributed by atoms with Crippen molar-refractivity contribution in [2.45, 2.75) is 39.8 Å². The Morgan fingerprint density at radius 2 is 2.09 bits per heavy atom. The van der Waals surface area contributed by atoms with Crippen molar-refractivity contribution in [3.8, 4) is 0 Å². The molecule has 1 aliphatic heterocycles. The van der Waals surface area contributed by atoms with E-state index in [9.17, 15) is 9.18 Å². The lowest BCUT2D eigenvalue weighted by Gasteiger charge is -2.20. The van der Waals surface area contributed by atoms with Crippen LogP contribution in [0.1, 0.15) is 36.3 Å². The summed E-state index contributed by atoms with van der Waals surface area (Å²) in [6, 6.07) is 5.57. The minimum absolute atomic E-state index is 0.236. The molecule has 0 bridgehead atoms. The summed E-state index contributed by atoms with van der Waals surface area (Å²) in [5.41, 5.74) is 3.51. The highest BCUT2D eigenvalue weighted by atomic mass is 19.1. The fraction of sp³-hybridized carbons (Fsp3) is 0.375. The van der Waals surface area contributed by atoms with Gasteiger partial charge in [0.1, 0.15) is 5.52 Å². The second kappa shape index (κ2) is 8.47. The van der Waals surface area contributed by atoms with E-state index in [1.54, 1.807) is 23.7 Å². The van der Waals surface area contributed by atoms with Gasteiger partial charge in [-0.1, -0.05) is 6.92 Å². The molecule has 0 spiro atoms. The second-order valence-corrected chi connectivity index (χ2v) is 8.51. The van der Waals surface area contributed by atoms with Crippen molar-refractivity contribution in [1.82, 2.24) is 24.5 Å². The Balaban J connectivity index is 1.48. The molecule has 33 heavy (non-hydrogen) atoms. The first-order valence-electron chi connectivity index (χ1n) is 11.4. The normalized spacial score (nSPS) is 16.2. The van der Waals surface area contributed by atoms with Gasteiger partial charge in [0.25, 0.3) is 5.91 Å². The SMILES string of the molecule is CCN[C@H]1CCN(c2ccc(C(=O)Nc3cc(F)c4nc(C)cn4c3)c3nn(CC)cc23)C1. The van der Waals surface area contributed by atoms with Crippen molar-refractivity contribution in [1.29, 1.82) is 0 Å². The summed E-state index contributed by atoms with van der Waals surface area (Å²) in [6.45, 7) is 9.48. The maximum Gasteiger partial charge on any atom is 0.257 e. The van der Waals surface area contributed by atoms with Gasteiger partial charge in [-0.2, -0.15) is 5.10 Å². The molecule has 4 aromatic rings.